The molecule has 2 aliphatic rings. The van der Waals surface area contributed by atoms with Gasteiger partial charge in [-0.2, -0.15) is 0 Å². The van der Waals surface area contributed by atoms with E-state index in [2.05, 4.69) is 35.6 Å². The smallest absolute Gasteiger partial charge is 0.0118 e. The molecule has 1 aromatic carbocycles. The van der Waals surface area contributed by atoms with Gasteiger partial charge in [-0.05, 0) is 30.9 Å². The van der Waals surface area contributed by atoms with E-state index in [4.69, 9.17) is 0 Å². The lowest BCUT2D eigenvalue weighted by Crippen LogP contribution is -2.36. The fraction of sp³-hybridized carbons (Fsp3) is 0.625. The second-order valence-electron chi connectivity index (χ2n) is 5.80. The first-order chi connectivity index (χ1) is 8.42. The minimum absolute atomic E-state index is 0.446. The number of hydrogen-bond acceptors (Lipinski definition) is 1. The fourth-order valence-corrected chi connectivity index (χ4v) is 3.92. The molecule has 0 bridgehead atoms. The lowest BCUT2D eigenvalue weighted by atomic mass is 9.66. The molecule has 1 N–H and O–H groups in total. The summed E-state index contributed by atoms with van der Waals surface area (Å²) in [6.07, 6.45) is 8.52. The van der Waals surface area contributed by atoms with Crippen LogP contribution in [0.15, 0.2) is 30.3 Å². The zero-order valence-electron chi connectivity index (χ0n) is 10.6. The molecule has 1 aliphatic carbocycles. The highest BCUT2D eigenvalue weighted by atomic mass is 14.9. The molecule has 1 nitrogen and oxygen atoms in total. The van der Waals surface area contributed by atoms with E-state index in [0.29, 0.717) is 5.41 Å². The summed E-state index contributed by atoms with van der Waals surface area (Å²) in [5.74, 6) is 0.866. The average Bonchev–Trinajstić information content (AvgIpc) is 2.74. The Balaban J connectivity index is 1.95. The molecule has 2 unspecified atom stereocenters. The second-order valence-corrected chi connectivity index (χ2v) is 5.80. The van der Waals surface area contributed by atoms with Crippen molar-refractivity contribution in [3.63, 3.8) is 0 Å². The molecular weight excluding hydrogens is 206 g/mol. The van der Waals surface area contributed by atoms with Crippen LogP contribution >= 0.6 is 0 Å². The summed E-state index contributed by atoms with van der Waals surface area (Å²) in [5.41, 5.74) is 2.03. The first-order valence-electron chi connectivity index (χ1n) is 7.18. The zero-order chi connectivity index (χ0) is 11.6. The quantitative estimate of drug-likeness (QED) is 0.777. The summed E-state index contributed by atoms with van der Waals surface area (Å²) in [6, 6.07) is 11.3. The topological polar surface area (TPSA) is 12.0 Å². The van der Waals surface area contributed by atoms with Gasteiger partial charge in [0.05, 0.1) is 0 Å². The molecule has 1 aliphatic heterocycles. The van der Waals surface area contributed by atoms with Crippen LogP contribution in [0.3, 0.4) is 0 Å². The Hall–Kier alpha value is -0.820. The highest BCUT2D eigenvalue weighted by molar-refractivity contribution is 5.29. The third-order valence-corrected chi connectivity index (χ3v) is 4.89. The normalized spacial score (nSPS) is 33.8. The average molecular weight is 229 g/mol. The van der Waals surface area contributed by atoms with Crippen molar-refractivity contribution in [1.82, 2.24) is 5.32 Å². The molecule has 1 heterocycles. The molecule has 2 atom stereocenters. The summed E-state index contributed by atoms with van der Waals surface area (Å²) >= 11 is 0. The Morgan fingerprint density at radius 1 is 1.00 bits per heavy atom. The van der Waals surface area contributed by atoms with Crippen LogP contribution in [-0.2, 0) is 5.41 Å². The van der Waals surface area contributed by atoms with Crippen LogP contribution in [0.5, 0.6) is 0 Å². The van der Waals surface area contributed by atoms with Gasteiger partial charge in [-0.15, -0.1) is 0 Å². The van der Waals surface area contributed by atoms with Gasteiger partial charge in [-0.1, -0.05) is 56.0 Å². The van der Waals surface area contributed by atoms with Crippen LogP contribution in [-0.4, -0.2) is 13.1 Å². The van der Waals surface area contributed by atoms with Crippen molar-refractivity contribution >= 4 is 0 Å². The standard InChI is InChI=1S/C16H23N/c1-2-7-11-16(14-8-5-3-6-9-14)13-17-12-15(16)10-4-1/h3,5-6,8-9,15,17H,1-2,4,7,10-13H2. The molecular formula is C16H23N. The minimum Gasteiger partial charge on any atom is -0.316 e. The molecule has 1 aromatic rings. The van der Waals surface area contributed by atoms with Crippen molar-refractivity contribution in [2.75, 3.05) is 13.1 Å². The van der Waals surface area contributed by atoms with E-state index >= 15 is 0 Å². The predicted octanol–water partition coefficient (Wildman–Crippen LogP) is 3.50. The van der Waals surface area contributed by atoms with Gasteiger partial charge in [0, 0.05) is 12.0 Å². The number of rotatable bonds is 1. The van der Waals surface area contributed by atoms with Gasteiger partial charge < -0.3 is 5.32 Å². The summed E-state index contributed by atoms with van der Waals surface area (Å²) in [7, 11) is 0. The highest BCUT2D eigenvalue weighted by Gasteiger charge is 2.43. The third-order valence-electron chi connectivity index (χ3n) is 4.89. The second kappa shape index (κ2) is 4.81. The van der Waals surface area contributed by atoms with E-state index in [-0.39, 0.29) is 0 Å². The largest absolute Gasteiger partial charge is 0.316 e. The molecule has 0 spiro atoms. The SMILES string of the molecule is c1ccc(C23CCCCCCC2CNC3)cc1. The number of hydrogen-bond donors (Lipinski definition) is 1. The van der Waals surface area contributed by atoms with E-state index in [1.54, 1.807) is 5.56 Å². The molecule has 1 heteroatoms. The first kappa shape index (κ1) is 11.3. The number of benzene rings is 1. The van der Waals surface area contributed by atoms with Crippen molar-refractivity contribution in [1.29, 1.82) is 0 Å². The number of fused-ring (bicyclic) bond motifs is 1. The van der Waals surface area contributed by atoms with E-state index in [1.165, 1.54) is 51.6 Å². The molecule has 1 saturated heterocycles. The van der Waals surface area contributed by atoms with Gasteiger partial charge in [0.15, 0.2) is 0 Å². The van der Waals surface area contributed by atoms with E-state index in [0.717, 1.165) is 5.92 Å². The molecule has 0 aromatic heterocycles. The molecule has 92 valence electrons. The third kappa shape index (κ3) is 2.01. The molecule has 2 fully saturated rings. The van der Waals surface area contributed by atoms with Crippen LogP contribution in [0.2, 0.25) is 0 Å². The molecule has 17 heavy (non-hydrogen) atoms. The van der Waals surface area contributed by atoms with Crippen molar-refractivity contribution in [3.05, 3.63) is 35.9 Å². The van der Waals surface area contributed by atoms with E-state index in [9.17, 15) is 0 Å². The summed E-state index contributed by atoms with van der Waals surface area (Å²) in [5, 5.41) is 3.66. The van der Waals surface area contributed by atoms with Crippen LogP contribution in [0.25, 0.3) is 0 Å². The monoisotopic (exact) mass is 229 g/mol. The summed E-state index contributed by atoms with van der Waals surface area (Å²) < 4.78 is 0. The molecule has 0 radical (unpaired) electrons. The summed E-state index contributed by atoms with van der Waals surface area (Å²) in [6.45, 7) is 2.43. The van der Waals surface area contributed by atoms with Crippen molar-refractivity contribution in [2.24, 2.45) is 5.92 Å². The van der Waals surface area contributed by atoms with Crippen LogP contribution < -0.4 is 5.32 Å². The Morgan fingerprint density at radius 3 is 2.71 bits per heavy atom. The predicted molar refractivity (Wildman–Crippen MR) is 72.2 cm³/mol. The Morgan fingerprint density at radius 2 is 1.82 bits per heavy atom. The molecule has 0 amide bonds. The van der Waals surface area contributed by atoms with Crippen molar-refractivity contribution < 1.29 is 0 Å². The Bertz CT molecular complexity index is 359. The van der Waals surface area contributed by atoms with Crippen molar-refractivity contribution in [3.8, 4) is 0 Å². The van der Waals surface area contributed by atoms with E-state index < -0.39 is 0 Å². The Labute approximate surface area is 105 Å². The van der Waals surface area contributed by atoms with Gasteiger partial charge in [0.1, 0.15) is 0 Å². The highest BCUT2D eigenvalue weighted by Crippen LogP contribution is 2.43. The van der Waals surface area contributed by atoms with Crippen molar-refractivity contribution in [2.45, 2.75) is 43.9 Å². The maximum Gasteiger partial charge on any atom is 0.0118 e. The van der Waals surface area contributed by atoms with Crippen LogP contribution in [0.4, 0.5) is 0 Å². The van der Waals surface area contributed by atoms with Gasteiger partial charge in [-0.3, -0.25) is 0 Å². The van der Waals surface area contributed by atoms with Gasteiger partial charge >= 0.3 is 0 Å². The van der Waals surface area contributed by atoms with Gasteiger partial charge in [0.2, 0.25) is 0 Å². The molecule has 1 saturated carbocycles. The van der Waals surface area contributed by atoms with Crippen LogP contribution in [0.1, 0.15) is 44.1 Å². The summed E-state index contributed by atoms with van der Waals surface area (Å²) in [4.78, 5) is 0. The number of nitrogens with one attached hydrogen (secondary N) is 1. The van der Waals surface area contributed by atoms with Gasteiger partial charge in [0.25, 0.3) is 0 Å². The maximum absolute atomic E-state index is 3.66. The zero-order valence-corrected chi connectivity index (χ0v) is 10.6. The van der Waals surface area contributed by atoms with E-state index in [1.807, 2.05) is 0 Å². The minimum atomic E-state index is 0.446. The lowest BCUT2D eigenvalue weighted by Gasteiger charge is -2.37. The van der Waals surface area contributed by atoms with Crippen LogP contribution in [0, 0.1) is 5.92 Å². The first-order valence-corrected chi connectivity index (χ1v) is 7.18. The Kier molecular flexibility index (Phi) is 3.19. The fourth-order valence-electron chi connectivity index (χ4n) is 3.92. The van der Waals surface area contributed by atoms with Gasteiger partial charge in [-0.25, -0.2) is 0 Å². The molecule has 3 rings (SSSR count). The lowest BCUT2D eigenvalue weighted by molar-refractivity contribution is 0.267. The maximum atomic E-state index is 3.66.